The monoisotopic (exact) mass is 236 g/mol. The number of hydrogen-bond donors (Lipinski definition) is 2. The summed E-state index contributed by atoms with van der Waals surface area (Å²) in [6.45, 7) is -0.191. The normalized spacial score (nSPS) is 13.9. The van der Waals surface area contributed by atoms with Gasteiger partial charge in [-0.15, -0.1) is 0 Å². The summed E-state index contributed by atoms with van der Waals surface area (Å²) < 4.78 is 5.18. The molecule has 0 fully saturated rings. The second kappa shape index (κ2) is 4.32. The van der Waals surface area contributed by atoms with Crippen LogP contribution in [0.5, 0.6) is 11.5 Å². The number of nitrogens with one attached hydrogen (secondary N) is 1. The zero-order valence-corrected chi connectivity index (χ0v) is 9.27. The Morgan fingerprint density at radius 1 is 1.59 bits per heavy atom. The molecular weight excluding hydrogens is 224 g/mol. The molecule has 17 heavy (non-hydrogen) atoms. The highest BCUT2D eigenvalue weighted by molar-refractivity contribution is 6.02. The molecule has 1 heterocycles. The number of carbonyl (C=O) groups is 2. The lowest BCUT2D eigenvalue weighted by Gasteiger charge is -2.28. The average Bonchev–Trinajstić information content (AvgIpc) is 2.32. The number of ether oxygens (including phenoxy) is 1. The summed E-state index contributed by atoms with van der Waals surface area (Å²) in [7, 11) is 1.50. The smallest absolute Gasteiger partial charge is 0.265 e. The fraction of sp³-hybridized carbons (Fsp3) is 0.273. The molecule has 1 aromatic rings. The molecule has 0 spiro atoms. The molecule has 0 atom stereocenters. The van der Waals surface area contributed by atoms with Crippen molar-refractivity contribution in [2.75, 3.05) is 25.1 Å². The van der Waals surface area contributed by atoms with E-state index in [-0.39, 0.29) is 30.7 Å². The summed E-state index contributed by atoms with van der Waals surface area (Å²) in [4.78, 5) is 24.3. The Bertz CT molecular complexity index is 473. The van der Waals surface area contributed by atoms with Crippen molar-refractivity contribution in [3.05, 3.63) is 18.2 Å². The Labute approximate surface area is 97.8 Å². The van der Waals surface area contributed by atoms with E-state index >= 15 is 0 Å². The third kappa shape index (κ3) is 2.15. The standard InChI is InChI=1S/C11H12N2O4/c1-12-10(15)5-13-8-3-2-7(14)4-9(8)17-6-11(13)16/h2-4,14H,5-6H2,1H3,(H,12,15). The summed E-state index contributed by atoms with van der Waals surface area (Å²) in [6.07, 6.45) is 0. The van der Waals surface area contributed by atoms with Gasteiger partial charge in [0.1, 0.15) is 18.0 Å². The largest absolute Gasteiger partial charge is 0.508 e. The van der Waals surface area contributed by atoms with Gasteiger partial charge in [-0.2, -0.15) is 0 Å². The lowest BCUT2D eigenvalue weighted by atomic mass is 10.2. The minimum absolute atomic E-state index is 0.0537. The molecule has 0 bridgehead atoms. The highest BCUT2D eigenvalue weighted by Crippen LogP contribution is 2.34. The highest BCUT2D eigenvalue weighted by atomic mass is 16.5. The van der Waals surface area contributed by atoms with E-state index in [9.17, 15) is 14.7 Å². The number of likely N-dealkylation sites (N-methyl/N-ethyl adjacent to an activating group) is 1. The molecule has 2 rings (SSSR count). The van der Waals surface area contributed by atoms with E-state index in [1.54, 1.807) is 6.07 Å². The molecular formula is C11H12N2O4. The molecule has 2 N–H and O–H groups in total. The summed E-state index contributed by atoms with van der Waals surface area (Å²) >= 11 is 0. The van der Waals surface area contributed by atoms with Crippen molar-refractivity contribution >= 4 is 17.5 Å². The number of hydrogen-bond acceptors (Lipinski definition) is 4. The van der Waals surface area contributed by atoms with Gasteiger partial charge in [0.25, 0.3) is 5.91 Å². The van der Waals surface area contributed by atoms with E-state index in [2.05, 4.69) is 5.32 Å². The Balaban J connectivity index is 2.33. The van der Waals surface area contributed by atoms with Crippen LogP contribution in [0.4, 0.5) is 5.69 Å². The number of carbonyl (C=O) groups excluding carboxylic acids is 2. The van der Waals surface area contributed by atoms with Crippen molar-refractivity contribution in [2.45, 2.75) is 0 Å². The maximum atomic E-state index is 11.7. The second-order valence-electron chi connectivity index (χ2n) is 3.59. The molecule has 1 aliphatic heterocycles. The predicted octanol–water partition coefficient (Wildman–Crippen LogP) is -0.136. The van der Waals surface area contributed by atoms with Crippen LogP contribution in [0.15, 0.2) is 18.2 Å². The summed E-state index contributed by atoms with van der Waals surface area (Å²) in [6, 6.07) is 4.40. The summed E-state index contributed by atoms with van der Waals surface area (Å²) in [5.74, 6) is -0.0995. The molecule has 6 heteroatoms. The van der Waals surface area contributed by atoms with Gasteiger partial charge in [-0.3, -0.25) is 14.5 Å². The molecule has 0 saturated heterocycles. The van der Waals surface area contributed by atoms with Crippen molar-refractivity contribution in [3.8, 4) is 11.5 Å². The minimum Gasteiger partial charge on any atom is -0.508 e. The molecule has 0 radical (unpaired) electrons. The van der Waals surface area contributed by atoms with Gasteiger partial charge in [0, 0.05) is 13.1 Å². The predicted molar refractivity (Wildman–Crippen MR) is 60.0 cm³/mol. The van der Waals surface area contributed by atoms with Crippen LogP contribution >= 0.6 is 0 Å². The van der Waals surface area contributed by atoms with Crippen LogP contribution in [0.1, 0.15) is 0 Å². The Morgan fingerprint density at radius 2 is 2.35 bits per heavy atom. The van der Waals surface area contributed by atoms with E-state index in [1.165, 1.54) is 24.1 Å². The first-order valence-corrected chi connectivity index (χ1v) is 5.08. The van der Waals surface area contributed by atoms with E-state index in [0.29, 0.717) is 11.4 Å². The van der Waals surface area contributed by atoms with Crippen LogP contribution in [0.2, 0.25) is 0 Å². The number of benzene rings is 1. The first-order chi connectivity index (χ1) is 8.11. The van der Waals surface area contributed by atoms with Gasteiger partial charge in [0.2, 0.25) is 5.91 Å². The van der Waals surface area contributed by atoms with Crippen LogP contribution in [0, 0.1) is 0 Å². The van der Waals surface area contributed by atoms with E-state index < -0.39 is 0 Å². The third-order valence-corrected chi connectivity index (χ3v) is 2.47. The summed E-state index contributed by atoms with van der Waals surface area (Å²) in [5.41, 5.74) is 0.489. The Hall–Kier alpha value is -2.24. The molecule has 0 aliphatic carbocycles. The molecule has 0 unspecified atom stereocenters. The Morgan fingerprint density at radius 3 is 3.06 bits per heavy atom. The van der Waals surface area contributed by atoms with Crippen molar-refractivity contribution in [1.82, 2.24) is 5.32 Å². The Kier molecular flexibility index (Phi) is 2.86. The molecule has 2 amide bonds. The van der Waals surface area contributed by atoms with Crippen molar-refractivity contribution < 1.29 is 19.4 Å². The van der Waals surface area contributed by atoms with Crippen molar-refractivity contribution in [2.24, 2.45) is 0 Å². The number of phenolic OH excluding ortho intramolecular Hbond substituents is 1. The van der Waals surface area contributed by atoms with Crippen LogP contribution < -0.4 is 15.0 Å². The summed E-state index contributed by atoms with van der Waals surface area (Å²) in [5, 5.41) is 11.8. The lowest BCUT2D eigenvalue weighted by molar-refractivity contribution is -0.125. The van der Waals surface area contributed by atoms with Gasteiger partial charge < -0.3 is 15.2 Å². The lowest BCUT2D eigenvalue weighted by Crippen LogP contribution is -2.44. The maximum absolute atomic E-state index is 11.7. The van der Waals surface area contributed by atoms with Gasteiger partial charge in [0.15, 0.2) is 6.61 Å². The number of rotatable bonds is 2. The number of anilines is 1. The van der Waals surface area contributed by atoms with Crippen LogP contribution in [0.25, 0.3) is 0 Å². The molecule has 0 saturated carbocycles. The topological polar surface area (TPSA) is 78.9 Å². The number of nitrogens with zero attached hydrogens (tertiary/aromatic N) is 1. The zero-order valence-electron chi connectivity index (χ0n) is 9.27. The second-order valence-corrected chi connectivity index (χ2v) is 3.59. The number of phenols is 1. The van der Waals surface area contributed by atoms with Crippen molar-refractivity contribution in [1.29, 1.82) is 0 Å². The van der Waals surface area contributed by atoms with E-state index in [4.69, 9.17) is 4.74 Å². The maximum Gasteiger partial charge on any atom is 0.265 e. The molecule has 1 aliphatic rings. The SMILES string of the molecule is CNC(=O)CN1C(=O)COc2cc(O)ccc21. The van der Waals surface area contributed by atoms with Gasteiger partial charge in [0.05, 0.1) is 5.69 Å². The number of fused-ring (bicyclic) bond motifs is 1. The fourth-order valence-corrected chi connectivity index (χ4v) is 1.59. The van der Waals surface area contributed by atoms with Gasteiger partial charge in [-0.1, -0.05) is 0 Å². The van der Waals surface area contributed by atoms with Gasteiger partial charge in [-0.05, 0) is 12.1 Å². The van der Waals surface area contributed by atoms with Crippen LogP contribution in [0.3, 0.4) is 0 Å². The van der Waals surface area contributed by atoms with E-state index in [1.807, 2.05) is 0 Å². The van der Waals surface area contributed by atoms with Gasteiger partial charge in [-0.25, -0.2) is 0 Å². The molecule has 1 aromatic carbocycles. The molecule has 0 aromatic heterocycles. The number of aromatic hydroxyl groups is 1. The van der Waals surface area contributed by atoms with Crippen molar-refractivity contribution in [3.63, 3.8) is 0 Å². The average molecular weight is 236 g/mol. The quantitative estimate of drug-likeness (QED) is 0.749. The zero-order chi connectivity index (χ0) is 12.4. The third-order valence-electron chi connectivity index (χ3n) is 2.47. The van der Waals surface area contributed by atoms with Gasteiger partial charge >= 0.3 is 0 Å². The molecule has 90 valence electrons. The van der Waals surface area contributed by atoms with Crippen LogP contribution in [-0.2, 0) is 9.59 Å². The molecule has 6 nitrogen and oxygen atoms in total. The minimum atomic E-state index is -0.285. The highest BCUT2D eigenvalue weighted by Gasteiger charge is 2.27. The van der Waals surface area contributed by atoms with Crippen LogP contribution in [-0.4, -0.2) is 37.1 Å². The first kappa shape index (κ1) is 11.3. The number of amides is 2. The first-order valence-electron chi connectivity index (χ1n) is 5.08. The van der Waals surface area contributed by atoms with E-state index in [0.717, 1.165) is 0 Å². The fourth-order valence-electron chi connectivity index (χ4n) is 1.59.